The van der Waals surface area contributed by atoms with E-state index >= 15 is 0 Å². The number of fused-ring (bicyclic) bond motifs is 1. The van der Waals surface area contributed by atoms with Gasteiger partial charge in [0.15, 0.2) is 5.82 Å². The lowest BCUT2D eigenvalue weighted by atomic mass is 9.93. The standard InChI is InChI=1S/C15H12N6OS/c1-7-3-8(9-4-15(2)20-13(22)11(7)21(9)15)19-12-10-14(17-5-16-12)23-6-18-10/h3-6H,1-2H3,(H,20,22)(H,16,17,19). The molecule has 0 aliphatic carbocycles. The Kier molecular flexibility index (Phi) is 2.20. The van der Waals surface area contributed by atoms with Gasteiger partial charge in [0, 0.05) is 0 Å². The van der Waals surface area contributed by atoms with Gasteiger partial charge in [-0.15, -0.1) is 11.3 Å². The van der Waals surface area contributed by atoms with Crippen LogP contribution in [0.2, 0.25) is 0 Å². The Balaban J connectivity index is 1.61. The molecule has 3 aliphatic heterocycles. The molecular formula is C15H12N6OS. The fourth-order valence-electron chi connectivity index (χ4n) is 3.34. The van der Waals surface area contributed by atoms with E-state index in [2.05, 4.69) is 25.6 Å². The Morgan fingerprint density at radius 1 is 1.35 bits per heavy atom. The molecule has 0 bridgehead atoms. The van der Waals surface area contributed by atoms with Crippen molar-refractivity contribution in [2.75, 3.05) is 5.32 Å². The molecule has 5 rings (SSSR count). The minimum atomic E-state index is -0.425. The van der Waals surface area contributed by atoms with Gasteiger partial charge in [-0.1, -0.05) is 0 Å². The molecule has 3 aliphatic rings. The van der Waals surface area contributed by atoms with Gasteiger partial charge in [-0.2, -0.15) is 0 Å². The largest absolute Gasteiger partial charge is 0.337 e. The first-order valence-corrected chi connectivity index (χ1v) is 8.04. The minimum absolute atomic E-state index is 0.0320. The van der Waals surface area contributed by atoms with E-state index in [-0.39, 0.29) is 5.91 Å². The maximum atomic E-state index is 12.1. The van der Waals surface area contributed by atoms with Crippen molar-refractivity contribution in [1.82, 2.24) is 25.2 Å². The molecule has 7 nitrogen and oxygen atoms in total. The quantitative estimate of drug-likeness (QED) is 0.875. The van der Waals surface area contributed by atoms with Crippen LogP contribution in [0.25, 0.3) is 10.3 Å². The van der Waals surface area contributed by atoms with Gasteiger partial charge in [0.25, 0.3) is 5.91 Å². The van der Waals surface area contributed by atoms with Crippen LogP contribution in [0.3, 0.4) is 0 Å². The third-order valence-corrected chi connectivity index (χ3v) is 5.06. The number of carbonyl (C=O) groups is 1. The summed E-state index contributed by atoms with van der Waals surface area (Å²) in [5.74, 6) is 0.641. The molecule has 0 radical (unpaired) electrons. The number of anilines is 1. The van der Waals surface area contributed by atoms with Crippen LogP contribution < -0.4 is 10.6 Å². The van der Waals surface area contributed by atoms with Crippen molar-refractivity contribution < 1.29 is 4.79 Å². The molecule has 1 saturated heterocycles. The number of hydrogen-bond acceptors (Lipinski definition) is 7. The summed E-state index contributed by atoms with van der Waals surface area (Å²) >= 11 is 1.48. The Morgan fingerprint density at radius 3 is 3.09 bits per heavy atom. The van der Waals surface area contributed by atoms with Gasteiger partial charge in [-0.05, 0) is 31.6 Å². The van der Waals surface area contributed by atoms with Crippen LogP contribution in [0.15, 0.2) is 46.7 Å². The molecule has 2 aromatic rings. The molecule has 23 heavy (non-hydrogen) atoms. The first-order valence-electron chi connectivity index (χ1n) is 7.16. The van der Waals surface area contributed by atoms with Crippen LogP contribution in [0.4, 0.5) is 5.82 Å². The van der Waals surface area contributed by atoms with E-state index in [0.29, 0.717) is 5.82 Å². The number of nitrogens with zero attached hydrogens (tertiary/aromatic N) is 4. The average molecular weight is 324 g/mol. The SMILES string of the molecule is CC1=C2C(=O)NC3(C)C=C(C(Nc4ncnc5scnc45)=C1)N23. The highest BCUT2D eigenvalue weighted by Gasteiger charge is 2.53. The van der Waals surface area contributed by atoms with Crippen LogP contribution >= 0.6 is 11.3 Å². The van der Waals surface area contributed by atoms with Crippen LogP contribution in [-0.4, -0.2) is 31.4 Å². The molecule has 0 saturated carbocycles. The van der Waals surface area contributed by atoms with Crippen LogP contribution in [-0.2, 0) is 4.79 Å². The molecule has 1 amide bonds. The maximum Gasteiger partial charge on any atom is 0.270 e. The average Bonchev–Trinajstić information content (AvgIpc) is 3.05. The number of rotatable bonds is 2. The number of carbonyl (C=O) groups excluding carboxylic acids is 1. The third kappa shape index (κ3) is 1.53. The second-order valence-electron chi connectivity index (χ2n) is 5.91. The van der Waals surface area contributed by atoms with Gasteiger partial charge in [-0.25, -0.2) is 15.0 Å². The molecule has 114 valence electrons. The summed E-state index contributed by atoms with van der Waals surface area (Å²) in [4.78, 5) is 27.9. The molecular weight excluding hydrogens is 312 g/mol. The van der Waals surface area contributed by atoms with Gasteiger partial charge < -0.3 is 15.5 Å². The molecule has 1 atom stereocenters. The minimum Gasteiger partial charge on any atom is -0.337 e. The van der Waals surface area contributed by atoms with Crippen molar-refractivity contribution in [2.24, 2.45) is 0 Å². The lowest BCUT2D eigenvalue weighted by molar-refractivity contribution is -0.116. The Bertz CT molecular complexity index is 987. The molecule has 2 N–H and O–H groups in total. The summed E-state index contributed by atoms with van der Waals surface area (Å²) in [5, 5.41) is 6.34. The van der Waals surface area contributed by atoms with Crippen molar-refractivity contribution in [2.45, 2.75) is 19.5 Å². The van der Waals surface area contributed by atoms with E-state index in [0.717, 1.165) is 33.0 Å². The summed E-state index contributed by atoms with van der Waals surface area (Å²) in [5.41, 5.74) is 5.62. The molecule has 0 aromatic carbocycles. The third-order valence-electron chi connectivity index (χ3n) is 4.33. The predicted molar refractivity (Wildman–Crippen MR) is 86.1 cm³/mol. The van der Waals surface area contributed by atoms with Crippen LogP contribution in [0.5, 0.6) is 0 Å². The molecule has 1 fully saturated rings. The first-order chi connectivity index (χ1) is 11.1. The number of allylic oxidation sites excluding steroid dienone is 2. The van der Waals surface area contributed by atoms with E-state index in [9.17, 15) is 4.79 Å². The summed E-state index contributed by atoms with van der Waals surface area (Å²) in [6.07, 6.45) is 5.55. The van der Waals surface area contributed by atoms with Crippen molar-refractivity contribution in [1.29, 1.82) is 0 Å². The number of amides is 1. The Labute approximate surface area is 135 Å². The van der Waals surface area contributed by atoms with E-state index < -0.39 is 5.66 Å². The van der Waals surface area contributed by atoms with E-state index in [1.165, 1.54) is 17.7 Å². The number of aromatic nitrogens is 3. The Morgan fingerprint density at radius 2 is 2.22 bits per heavy atom. The second-order valence-corrected chi connectivity index (χ2v) is 6.74. The number of nitrogens with one attached hydrogen (secondary N) is 2. The highest BCUT2D eigenvalue weighted by molar-refractivity contribution is 7.16. The molecule has 1 unspecified atom stereocenters. The lowest BCUT2D eigenvalue weighted by Gasteiger charge is -2.46. The summed E-state index contributed by atoms with van der Waals surface area (Å²) in [6, 6.07) is 0. The number of thiazole rings is 1. The highest BCUT2D eigenvalue weighted by atomic mass is 32.1. The lowest BCUT2D eigenvalue weighted by Crippen LogP contribution is -2.55. The molecule has 8 heteroatoms. The molecule has 5 heterocycles. The fourth-order valence-corrected chi connectivity index (χ4v) is 3.97. The first kappa shape index (κ1) is 12.8. The Hall–Kier alpha value is -2.74. The van der Waals surface area contributed by atoms with E-state index in [1.54, 1.807) is 5.51 Å². The normalized spacial score (nSPS) is 25.0. The summed E-state index contributed by atoms with van der Waals surface area (Å²) in [7, 11) is 0. The second kappa shape index (κ2) is 3.96. The predicted octanol–water partition coefficient (Wildman–Crippen LogP) is 1.72. The maximum absolute atomic E-state index is 12.1. The molecule has 2 aromatic heterocycles. The zero-order valence-electron chi connectivity index (χ0n) is 12.4. The topological polar surface area (TPSA) is 83.0 Å². The van der Waals surface area contributed by atoms with E-state index in [1.807, 2.05) is 30.9 Å². The highest BCUT2D eigenvalue weighted by Crippen LogP contribution is 2.47. The van der Waals surface area contributed by atoms with Gasteiger partial charge in [0.1, 0.15) is 28.0 Å². The molecule has 0 spiro atoms. The zero-order valence-corrected chi connectivity index (χ0v) is 13.2. The van der Waals surface area contributed by atoms with Crippen LogP contribution in [0.1, 0.15) is 13.8 Å². The smallest absolute Gasteiger partial charge is 0.270 e. The van der Waals surface area contributed by atoms with Crippen molar-refractivity contribution >= 4 is 33.4 Å². The summed E-state index contributed by atoms with van der Waals surface area (Å²) < 4.78 is 0. The fraction of sp³-hybridized carbons (Fsp3) is 0.200. The van der Waals surface area contributed by atoms with Crippen molar-refractivity contribution in [3.8, 4) is 0 Å². The monoisotopic (exact) mass is 324 g/mol. The zero-order chi connectivity index (χ0) is 15.8. The van der Waals surface area contributed by atoms with Crippen LogP contribution in [0, 0.1) is 0 Å². The van der Waals surface area contributed by atoms with Gasteiger partial charge in [-0.3, -0.25) is 4.79 Å². The van der Waals surface area contributed by atoms with E-state index in [4.69, 9.17) is 0 Å². The summed E-state index contributed by atoms with van der Waals surface area (Å²) in [6.45, 7) is 3.93. The van der Waals surface area contributed by atoms with Gasteiger partial charge in [0.2, 0.25) is 0 Å². The van der Waals surface area contributed by atoms with Gasteiger partial charge in [0.05, 0.1) is 16.9 Å². The van der Waals surface area contributed by atoms with Crippen molar-refractivity contribution in [3.63, 3.8) is 0 Å². The van der Waals surface area contributed by atoms with Gasteiger partial charge >= 0.3 is 0 Å². The number of hydrogen-bond donors (Lipinski definition) is 2. The van der Waals surface area contributed by atoms with Crippen molar-refractivity contribution in [3.05, 3.63) is 46.7 Å².